The van der Waals surface area contributed by atoms with E-state index < -0.39 is 0 Å². The number of hydrogen-bond acceptors (Lipinski definition) is 3. The average Bonchev–Trinajstić information content (AvgIpc) is 2.43. The van der Waals surface area contributed by atoms with Crippen LogP contribution in [0.3, 0.4) is 0 Å². The molecule has 0 aliphatic rings. The van der Waals surface area contributed by atoms with Gasteiger partial charge in [-0.15, -0.1) is 0 Å². The Morgan fingerprint density at radius 2 is 2.00 bits per heavy atom. The summed E-state index contributed by atoms with van der Waals surface area (Å²) >= 11 is 0. The van der Waals surface area contributed by atoms with Gasteiger partial charge in [0, 0.05) is 13.1 Å². The maximum Gasteiger partial charge on any atom is 0.315 e. The van der Waals surface area contributed by atoms with Crippen LogP contribution in [0.25, 0.3) is 0 Å². The normalized spacial score (nSPS) is 9.84. The predicted octanol–water partition coefficient (Wildman–Crippen LogP) is 2.30. The van der Waals surface area contributed by atoms with Gasteiger partial charge in [0.1, 0.15) is 0 Å². The zero-order chi connectivity index (χ0) is 14.1. The summed E-state index contributed by atoms with van der Waals surface area (Å²) in [5, 5.41) is 5.55. The standard InChI is InChI=1S/C14H22N2O3/c1-4-8-15-14(17)16-10-11-6-7-12(18-3)13(9-11)19-5-2/h6-7,9H,4-5,8,10H2,1-3H3,(H2,15,16,17). The van der Waals surface area contributed by atoms with Crippen molar-refractivity contribution in [2.24, 2.45) is 0 Å². The summed E-state index contributed by atoms with van der Waals surface area (Å²) in [5.41, 5.74) is 0.968. The molecule has 2 N–H and O–H groups in total. The van der Waals surface area contributed by atoms with Gasteiger partial charge in [0.25, 0.3) is 0 Å². The monoisotopic (exact) mass is 266 g/mol. The first-order chi connectivity index (χ1) is 9.21. The highest BCUT2D eigenvalue weighted by atomic mass is 16.5. The summed E-state index contributed by atoms with van der Waals surface area (Å²) in [5.74, 6) is 1.39. The van der Waals surface area contributed by atoms with Crippen LogP contribution in [0.15, 0.2) is 18.2 Å². The van der Waals surface area contributed by atoms with Crippen LogP contribution < -0.4 is 20.1 Å². The topological polar surface area (TPSA) is 59.6 Å². The van der Waals surface area contributed by atoms with Crippen molar-refractivity contribution < 1.29 is 14.3 Å². The van der Waals surface area contributed by atoms with Crippen molar-refractivity contribution in [2.45, 2.75) is 26.8 Å². The summed E-state index contributed by atoms with van der Waals surface area (Å²) in [4.78, 5) is 11.4. The van der Waals surface area contributed by atoms with Gasteiger partial charge in [-0.25, -0.2) is 4.79 Å². The number of amides is 2. The van der Waals surface area contributed by atoms with E-state index in [1.165, 1.54) is 0 Å². The van der Waals surface area contributed by atoms with Crippen molar-refractivity contribution in [1.29, 1.82) is 0 Å². The summed E-state index contributed by atoms with van der Waals surface area (Å²) in [6.07, 6.45) is 0.921. The van der Waals surface area contributed by atoms with Gasteiger partial charge < -0.3 is 20.1 Å². The zero-order valence-corrected chi connectivity index (χ0v) is 11.8. The van der Waals surface area contributed by atoms with Gasteiger partial charge in [-0.2, -0.15) is 0 Å². The lowest BCUT2D eigenvalue weighted by molar-refractivity contribution is 0.240. The van der Waals surface area contributed by atoms with Crippen LogP contribution in [0.5, 0.6) is 11.5 Å². The molecule has 0 unspecified atom stereocenters. The van der Waals surface area contributed by atoms with Crippen molar-refractivity contribution in [3.63, 3.8) is 0 Å². The van der Waals surface area contributed by atoms with E-state index in [1.807, 2.05) is 32.0 Å². The molecule has 0 radical (unpaired) electrons. The second-order valence-corrected chi connectivity index (χ2v) is 4.03. The van der Waals surface area contributed by atoms with E-state index in [9.17, 15) is 4.79 Å². The first kappa shape index (κ1) is 15.1. The van der Waals surface area contributed by atoms with Gasteiger partial charge in [-0.3, -0.25) is 0 Å². The molecule has 0 aliphatic heterocycles. The molecule has 2 amide bonds. The van der Waals surface area contributed by atoms with E-state index in [2.05, 4.69) is 10.6 Å². The molecule has 0 fully saturated rings. The molecule has 106 valence electrons. The second kappa shape index (κ2) is 8.24. The largest absolute Gasteiger partial charge is 0.493 e. The fraction of sp³-hybridized carbons (Fsp3) is 0.500. The number of ether oxygens (including phenoxy) is 2. The zero-order valence-electron chi connectivity index (χ0n) is 11.8. The lowest BCUT2D eigenvalue weighted by atomic mass is 10.2. The number of carbonyl (C=O) groups excluding carboxylic acids is 1. The van der Waals surface area contributed by atoms with Gasteiger partial charge in [-0.05, 0) is 31.0 Å². The molecule has 5 nitrogen and oxygen atoms in total. The molecule has 0 atom stereocenters. The quantitative estimate of drug-likeness (QED) is 0.796. The summed E-state index contributed by atoms with van der Waals surface area (Å²) in [6, 6.07) is 5.46. The van der Waals surface area contributed by atoms with Crippen molar-refractivity contribution >= 4 is 6.03 Å². The molecule has 0 heterocycles. The Morgan fingerprint density at radius 1 is 1.21 bits per heavy atom. The highest BCUT2D eigenvalue weighted by Crippen LogP contribution is 2.27. The van der Waals surface area contributed by atoms with Crippen molar-refractivity contribution in [1.82, 2.24) is 10.6 Å². The third-order valence-electron chi connectivity index (χ3n) is 2.52. The minimum atomic E-state index is -0.157. The van der Waals surface area contributed by atoms with Crippen LogP contribution >= 0.6 is 0 Å². The van der Waals surface area contributed by atoms with Crippen LogP contribution in [-0.4, -0.2) is 26.3 Å². The molecule has 19 heavy (non-hydrogen) atoms. The van der Waals surface area contributed by atoms with Gasteiger partial charge in [0.15, 0.2) is 11.5 Å². The first-order valence-electron chi connectivity index (χ1n) is 6.52. The Kier molecular flexibility index (Phi) is 6.57. The number of carbonyl (C=O) groups is 1. The second-order valence-electron chi connectivity index (χ2n) is 4.03. The summed E-state index contributed by atoms with van der Waals surface area (Å²) in [7, 11) is 1.61. The summed E-state index contributed by atoms with van der Waals surface area (Å²) in [6.45, 7) is 5.64. The van der Waals surface area contributed by atoms with Crippen LogP contribution in [0.4, 0.5) is 4.79 Å². The molecule has 0 aliphatic carbocycles. The maximum atomic E-state index is 11.4. The fourth-order valence-electron chi connectivity index (χ4n) is 1.58. The number of hydrogen-bond donors (Lipinski definition) is 2. The van der Waals surface area contributed by atoms with Gasteiger partial charge in [0.2, 0.25) is 0 Å². The van der Waals surface area contributed by atoms with Crippen molar-refractivity contribution in [3.8, 4) is 11.5 Å². The lowest BCUT2D eigenvalue weighted by Gasteiger charge is -2.12. The third kappa shape index (κ3) is 5.07. The van der Waals surface area contributed by atoms with E-state index >= 15 is 0 Å². The van der Waals surface area contributed by atoms with Crippen LogP contribution in [0.2, 0.25) is 0 Å². The Balaban J connectivity index is 2.58. The van der Waals surface area contributed by atoms with Crippen LogP contribution in [-0.2, 0) is 6.54 Å². The average molecular weight is 266 g/mol. The molecule has 0 saturated carbocycles. The van der Waals surface area contributed by atoms with Crippen LogP contribution in [0, 0.1) is 0 Å². The number of benzene rings is 1. The molecule has 1 aromatic carbocycles. The van der Waals surface area contributed by atoms with E-state index in [0.29, 0.717) is 31.2 Å². The number of nitrogens with one attached hydrogen (secondary N) is 2. The number of methoxy groups -OCH3 is 1. The SMILES string of the molecule is CCCNC(=O)NCc1ccc(OC)c(OCC)c1. The maximum absolute atomic E-state index is 11.4. The van der Waals surface area contributed by atoms with Gasteiger partial charge >= 0.3 is 6.03 Å². The number of rotatable bonds is 7. The molecule has 5 heteroatoms. The Bertz CT molecular complexity index is 408. The van der Waals surface area contributed by atoms with Gasteiger partial charge in [0.05, 0.1) is 13.7 Å². The molecule has 0 bridgehead atoms. The van der Waals surface area contributed by atoms with Gasteiger partial charge in [-0.1, -0.05) is 13.0 Å². The van der Waals surface area contributed by atoms with Crippen molar-refractivity contribution in [2.75, 3.05) is 20.3 Å². The molecule has 1 rings (SSSR count). The smallest absolute Gasteiger partial charge is 0.315 e. The molecule has 1 aromatic rings. The Labute approximate surface area is 114 Å². The molecule has 0 aromatic heterocycles. The highest BCUT2D eigenvalue weighted by Gasteiger charge is 2.06. The van der Waals surface area contributed by atoms with E-state index in [-0.39, 0.29) is 6.03 Å². The van der Waals surface area contributed by atoms with E-state index in [4.69, 9.17) is 9.47 Å². The highest BCUT2D eigenvalue weighted by molar-refractivity contribution is 5.73. The minimum Gasteiger partial charge on any atom is -0.493 e. The fourth-order valence-corrected chi connectivity index (χ4v) is 1.58. The van der Waals surface area contributed by atoms with E-state index in [0.717, 1.165) is 12.0 Å². The molecular weight excluding hydrogens is 244 g/mol. The lowest BCUT2D eigenvalue weighted by Crippen LogP contribution is -2.35. The van der Waals surface area contributed by atoms with Crippen LogP contribution in [0.1, 0.15) is 25.8 Å². The minimum absolute atomic E-state index is 0.157. The Hall–Kier alpha value is -1.91. The molecular formula is C14H22N2O3. The predicted molar refractivity (Wildman–Crippen MR) is 74.7 cm³/mol. The Morgan fingerprint density at radius 3 is 2.63 bits per heavy atom. The molecule has 0 saturated heterocycles. The van der Waals surface area contributed by atoms with E-state index in [1.54, 1.807) is 7.11 Å². The summed E-state index contributed by atoms with van der Waals surface area (Å²) < 4.78 is 10.7. The van der Waals surface area contributed by atoms with Crippen molar-refractivity contribution in [3.05, 3.63) is 23.8 Å². The molecule has 0 spiro atoms. The third-order valence-corrected chi connectivity index (χ3v) is 2.52. The first-order valence-corrected chi connectivity index (χ1v) is 6.52. The number of urea groups is 1.